The van der Waals surface area contributed by atoms with Crippen molar-refractivity contribution in [3.63, 3.8) is 0 Å². The minimum Gasteiger partial charge on any atom is -0.490 e. The molecule has 0 spiro atoms. The first-order valence-corrected chi connectivity index (χ1v) is 6.95. The molecule has 2 rings (SSSR count). The summed E-state index contributed by atoms with van der Waals surface area (Å²) in [5, 5.41) is 3.01. The summed E-state index contributed by atoms with van der Waals surface area (Å²) in [6, 6.07) is 2.29. The summed E-state index contributed by atoms with van der Waals surface area (Å²) in [4.78, 5) is 8.16. The number of nitrogens with one attached hydrogen (secondary N) is 1. The van der Waals surface area contributed by atoms with Crippen LogP contribution in [0.25, 0.3) is 0 Å². The van der Waals surface area contributed by atoms with E-state index >= 15 is 0 Å². The highest BCUT2D eigenvalue weighted by atomic mass is 16.5. The highest BCUT2D eigenvalue weighted by molar-refractivity contribution is 5.75. The predicted octanol–water partition coefficient (Wildman–Crippen LogP) is 1.10. The molecule has 0 amide bonds. The van der Waals surface area contributed by atoms with Crippen LogP contribution in [0.3, 0.4) is 0 Å². The van der Waals surface area contributed by atoms with E-state index in [-0.39, 0.29) is 6.04 Å². The van der Waals surface area contributed by atoms with Crippen molar-refractivity contribution < 1.29 is 9.47 Å². The monoisotopic (exact) mass is 280 g/mol. The van der Waals surface area contributed by atoms with Crippen LogP contribution < -0.4 is 15.8 Å². The number of nitrogens with zero attached hydrogens (tertiary/aromatic N) is 2. The van der Waals surface area contributed by atoms with E-state index < -0.39 is 0 Å². The fourth-order valence-electron chi connectivity index (χ4n) is 1.52. The molecule has 1 aromatic heterocycles. The Balaban J connectivity index is 0.000000956. The fraction of sp³-hybridized carbons (Fsp3) is 0.571. The summed E-state index contributed by atoms with van der Waals surface area (Å²) in [6.45, 7) is 8.32. The molecule has 0 saturated heterocycles. The predicted molar refractivity (Wildman–Crippen MR) is 80.0 cm³/mol. The summed E-state index contributed by atoms with van der Waals surface area (Å²) in [7, 11) is 0. The van der Waals surface area contributed by atoms with Gasteiger partial charge in [-0.3, -0.25) is 4.98 Å². The maximum atomic E-state index is 5.88. The number of aliphatic imine (C=N–C) groups is 1. The van der Waals surface area contributed by atoms with Gasteiger partial charge in [0, 0.05) is 12.7 Å². The summed E-state index contributed by atoms with van der Waals surface area (Å²) in [5.41, 5.74) is 6.94. The van der Waals surface area contributed by atoms with Gasteiger partial charge in [-0.05, 0) is 18.6 Å². The Labute approximate surface area is 120 Å². The summed E-state index contributed by atoms with van der Waals surface area (Å²) >= 11 is 0. The van der Waals surface area contributed by atoms with Gasteiger partial charge in [-0.25, -0.2) is 4.99 Å². The molecule has 1 aliphatic rings. The number of aromatic nitrogens is 1. The van der Waals surface area contributed by atoms with Gasteiger partial charge in [0.1, 0.15) is 19.0 Å². The van der Waals surface area contributed by atoms with Gasteiger partial charge in [-0.15, -0.1) is 0 Å². The molecule has 0 saturated carbocycles. The number of nitrogens with two attached hydrogens (primary N) is 1. The van der Waals surface area contributed by atoms with Crippen LogP contribution in [0.4, 0.5) is 0 Å². The molecule has 3 N–H and O–H groups in total. The minimum atomic E-state index is -0.199. The molecule has 0 aromatic carbocycles. The van der Waals surface area contributed by atoms with Gasteiger partial charge in [0.15, 0.2) is 0 Å². The molecule has 6 heteroatoms. The number of ether oxygens (including phenoxy) is 2. The van der Waals surface area contributed by atoms with Crippen LogP contribution in [-0.2, 0) is 4.74 Å². The van der Waals surface area contributed by atoms with Crippen LogP contribution >= 0.6 is 0 Å². The lowest BCUT2D eigenvalue weighted by Gasteiger charge is -2.14. The van der Waals surface area contributed by atoms with E-state index in [1.807, 2.05) is 26.8 Å². The molecule has 1 aromatic rings. The standard InChI is InChI=1S/C12H18N4O2.C2H6/c1-9-4-11(6-14-5-9)17-7-10(13)8-18-12-15-2-3-16-12;1-2/h4-6,10H,2-3,7-8,13H2,1H3,(H,15,16);1-2H3. The van der Waals surface area contributed by atoms with E-state index in [1.165, 1.54) is 0 Å². The number of pyridine rings is 1. The molecule has 2 heterocycles. The van der Waals surface area contributed by atoms with Crippen LogP contribution in [0.2, 0.25) is 0 Å². The Morgan fingerprint density at radius 3 is 2.70 bits per heavy atom. The Morgan fingerprint density at radius 1 is 1.30 bits per heavy atom. The van der Waals surface area contributed by atoms with E-state index in [9.17, 15) is 0 Å². The lowest BCUT2D eigenvalue weighted by atomic mass is 10.3. The molecule has 1 aliphatic heterocycles. The van der Waals surface area contributed by atoms with E-state index in [0.29, 0.717) is 19.2 Å². The van der Waals surface area contributed by atoms with Gasteiger partial charge in [-0.2, -0.15) is 0 Å². The van der Waals surface area contributed by atoms with Crippen LogP contribution in [0, 0.1) is 6.92 Å². The first-order chi connectivity index (χ1) is 9.74. The number of aryl methyl sites for hydroxylation is 1. The van der Waals surface area contributed by atoms with Gasteiger partial charge < -0.3 is 20.5 Å². The summed E-state index contributed by atoms with van der Waals surface area (Å²) < 4.78 is 10.9. The van der Waals surface area contributed by atoms with E-state index in [0.717, 1.165) is 24.4 Å². The Hall–Kier alpha value is -1.82. The third kappa shape index (κ3) is 5.88. The third-order valence-corrected chi connectivity index (χ3v) is 2.39. The van der Waals surface area contributed by atoms with Gasteiger partial charge in [0.25, 0.3) is 6.02 Å². The van der Waals surface area contributed by atoms with Gasteiger partial charge >= 0.3 is 0 Å². The molecule has 112 valence electrons. The quantitative estimate of drug-likeness (QED) is 0.844. The molecule has 0 aliphatic carbocycles. The second kappa shape index (κ2) is 9.14. The van der Waals surface area contributed by atoms with Crippen molar-refractivity contribution in [3.8, 4) is 5.75 Å². The highest BCUT2D eigenvalue weighted by Gasteiger charge is 2.10. The van der Waals surface area contributed by atoms with Gasteiger partial charge in [0.2, 0.25) is 0 Å². The Bertz CT molecular complexity index is 423. The molecule has 0 radical (unpaired) electrons. The van der Waals surface area contributed by atoms with Crippen molar-refractivity contribution >= 4 is 6.02 Å². The van der Waals surface area contributed by atoms with Crippen LogP contribution in [0.1, 0.15) is 19.4 Å². The molecule has 0 fully saturated rings. The highest BCUT2D eigenvalue weighted by Crippen LogP contribution is 2.10. The van der Waals surface area contributed by atoms with Crippen molar-refractivity contribution in [1.29, 1.82) is 0 Å². The number of hydrogen-bond acceptors (Lipinski definition) is 6. The Morgan fingerprint density at radius 2 is 2.05 bits per heavy atom. The van der Waals surface area contributed by atoms with Crippen molar-refractivity contribution in [1.82, 2.24) is 10.3 Å². The number of amidine groups is 1. The first kappa shape index (κ1) is 16.2. The molecule has 20 heavy (non-hydrogen) atoms. The van der Waals surface area contributed by atoms with Gasteiger partial charge in [0.05, 0.1) is 18.8 Å². The second-order valence-electron chi connectivity index (χ2n) is 4.19. The third-order valence-electron chi connectivity index (χ3n) is 2.39. The van der Waals surface area contributed by atoms with Crippen LogP contribution in [0.5, 0.6) is 5.75 Å². The van der Waals surface area contributed by atoms with Crippen molar-refractivity contribution in [2.45, 2.75) is 26.8 Å². The van der Waals surface area contributed by atoms with Crippen molar-refractivity contribution in [2.24, 2.45) is 10.7 Å². The average molecular weight is 280 g/mol. The van der Waals surface area contributed by atoms with Crippen LogP contribution in [0.15, 0.2) is 23.5 Å². The molecule has 6 nitrogen and oxygen atoms in total. The maximum Gasteiger partial charge on any atom is 0.284 e. The lowest BCUT2D eigenvalue weighted by Crippen LogP contribution is -2.35. The fourth-order valence-corrected chi connectivity index (χ4v) is 1.52. The summed E-state index contributed by atoms with van der Waals surface area (Å²) in [5.74, 6) is 0.724. The zero-order valence-electron chi connectivity index (χ0n) is 12.4. The number of rotatable bonds is 5. The second-order valence-corrected chi connectivity index (χ2v) is 4.19. The zero-order chi connectivity index (χ0) is 14.8. The van der Waals surface area contributed by atoms with Gasteiger partial charge in [-0.1, -0.05) is 13.8 Å². The average Bonchev–Trinajstić information content (AvgIpc) is 2.98. The molecular weight excluding hydrogens is 256 g/mol. The first-order valence-electron chi connectivity index (χ1n) is 6.95. The smallest absolute Gasteiger partial charge is 0.284 e. The SMILES string of the molecule is CC.Cc1cncc(OCC(N)COC2=NCCN2)c1. The lowest BCUT2D eigenvalue weighted by molar-refractivity contribution is 0.209. The molecular formula is C14H24N4O2. The van der Waals surface area contributed by atoms with E-state index in [4.69, 9.17) is 15.2 Å². The minimum absolute atomic E-state index is 0.199. The molecule has 1 unspecified atom stereocenters. The van der Waals surface area contributed by atoms with E-state index in [2.05, 4.69) is 15.3 Å². The normalized spacial score (nSPS) is 14.5. The van der Waals surface area contributed by atoms with E-state index in [1.54, 1.807) is 12.4 Å². The molecule has 0 bridgehead atoms. The largest absolute Gasteiger partial charge is 0.490 e. The van der Waals surface area contributed by atoms with Crippen LogP contribution in [-0.4, -0.2) is 43.4 Å². The zero-order valence-corrected chi connectivity index (χ0v) is 12.4. The Kier molecular flexibility index (Phi) is 7.42. The van der Waals surface area contributed by atoms with Crippen molar-refractivity contribution in [2.75, 3.05) is 26.3 Å². The number of hydrogen-bond donors (Lipinski definition) is 2. The van der Waals surface area contributed by atoms with Crippen molar-refractivity contribution in [3.05, 3.63) is 24.0 Å². The molecule has 1 atom stereocenters. The topological polar surface area (TPSA) is 81.8 Å². The summed E-state index contributed by atoms with van der Waals surface area (Å²) in [6.07, 6.45) is 3.45. The maximum absolute atomic E-state index is 5.88.